The van der Waals surface area contributed by atoms with Crippen molar-refractivity contribution in [3.8, 4) is 0 Å². The van der Waals surface area contributed by atoms with E-state index in [2.05, 4.69) is 27.5 Å². The Balaban J connectivity index is 1.54. The minimum atomic E-state index is -0.138. The Morgan fingerprint density at radius 3 is 3.11 bits per heavy atom. The van der Waals surface area contributed by atoms with Gasteiger partial charge in [0.05, 0.1) is 23.8 Å². The third-order valence-corrected chi connectivity index (χ3v) is 4.55. The van der Waals surface area contributed by atoms with Gasteiger partial charge in [0.15, 0.2) is 0 Å². The standard InChI is InChI=1S/C14H22N4O/c1-14(4-2-3-5-14)8-16-13(19)11-6-10-12(7-15-11)18-9-17-10/h9,11,15H,2-8H2,1H3,(H,16,19)(H,17,18). The van der Waals surface area contributed by atoms with E-state index in [9.17, 15) is 4.79 Å². The van der Waals surface area contributed by atoms with Crippen LogP contribution in [0.3, 0.4) is 0 Å². The van der Waals surface area contributed by atoms with E-state index in [1.54, 1.807) is 6.33 Å². The molecule has 1 aliphatic carbocycles. The zero-order valence-corrected chi connectivity index (χ0v) is 11.5. The van der Waals surface area contributed by atoms with Gasteiger partial charge in [-0.2, -0.15) is 0 Å². The molecule has 0 bridgehead atoms. The first kappa shape index (κ1) is 12.7. The third-order valence-electron chi connectivity index (χ3n) is 4.55. The first-order chi connectivity index (χ1) is 9.16. The number of carbonyl (C=O) groups excluding carboxylic acids is 1. The summed E-state index contributed by atoms with van der Waals surface area (Å²) in [6.07, 6.45) is 7.44. The van der Waals surface area contributed by atoms with Gasteiger partial charge in [-0.1, -0.05) is 19.8 Å². The largest absolute Gasteiger partial charge is 0.354 e. The van der Waals surface area contributed by atoms with E-state index in [0.717, 1.165) is 17.9 Å². The molecule has 19 heavy (non-hydrogen) atoms. The van der Waals surface area contributed by atoms with Crippen molar-refractivity contribution in [1.82, 2.24) is 20.6 Å². The van der Waals surface area contributed by atoms with Crippen LogP contribution in [0.5, 0.6) is 0 Å². The number of imidazole rings is 1. The van der Waals surface area contributed by atoms with Crippen LogP contribution in [0.1, 0.15) is 44.0 Å². The summed E-state index contributed by atoms with van der Waals surface area (Å²) in [6.45, 7) is 3.78. The van der Waals surface area contributed by atoms with Gasteiger partial charge >= 0.3 is 0 Å². The molecule has 5 heteroatoms. The SMILES string of the molecule is CC1(CNC(=O)C2Cc3nc[nH]c3CN2)CCCC1. The van der Waals surface area contributed by atoms with E-state index in [1.807, 2.05) is 0 Å². The summed E-state index contributed by atoms with van der Waals surface area (Å²) in [4.78, 5) is 19.6. The smallest absolute Gasteiger partial charge is 0.237 e. The number of amides is 1. The summed E-state index contributed by atoms with van der Waals surface area (Å²) in [5.74, 6) is 0.113. The highest BCUT2D eigenvalue weighted by Gasteiger charge is 2.31. The average molecular weight is 262 g/mol. The number of carbonyl (C=O) groups is 1. The molecule has 104 valence electrons. The lowest BCUT2D eigenvalue weighted by Gasteiger charge is -2.27. The molecule has 1 amide bonds. The average Bonchev–Trinajstić information content (AvgIpc) is 3.04. The number of rotatable bonds is 3. The Kier molecular flexibility index (Phi) is 3.31. The van der Waals surface area contributed by atoms with Crippen LogP contribution in [0, 0.1) is 5.41 Å². The minimum Gasteiger partial charge on any atom is -0.354 e. The van der Waals surface area contributed by atoms with Crippen molar-refractivity contribution < 1.29 is 4.79 Å². The maximum Gasteiger partial charge on any atom is 0.237 e. The highest BCUT2D eigenvalue weighted by molar-refractivity contribution is 5.82. The fourth-order valence-electron chi connectivity index (χ4n) is 3.18. The van der Waals surface area contributed by atoms with Crippen LogP contribution in [0.2, 0.25) is 0 Å². The number of nitrogens with one attached hydrogen (secondary N) is 3. The van der Waals surface area contributed by atoms with Crippen LogP contribution in [0.15, 0.2) is 6.33 Å². The van der Waals surface area contributed by atoms with Gasteiger partial charge in [-0.3, -0.25) is 10.1 Å². The maximum atomic E-state index is 12.2. The fourth-order valence-corrected chi connectivity index (χ4v) is 3.18. The monoisotopic (exact) mass is 262 g/mol. The molecule has 3 N–H and O–H groups in total. The van der Waals surface area contributed by atoms with Crippen LogP contribution < -0.4 is 10.6 Å². The molecule has 0 aromatic carbocycles. The lowest BCUT2D eigenvalue weighted by atomic mass is 9.89. The fraction of sp³-hybridized carbons (Fsp3) is 0.714. The molecule has 1 aromatic rings. The summed E-state index contributed by atoms with van der Waals surface area (Å²) in [5, 5.41) is 6.38. The molecule has 1 unspecified atom stereocenters. The van der Waals surface area contributed by atoms with Crippen molar-refractivity contribution in [3.05, 3.63) is 17.7 Å². The van der Waals surface area contributed by atoms with Crippen LogP contribution >= 0.6 is 0 Å². The van der Waals surface area contributed by atoms with Crippen molar-refractivity contribution >= 4 is 5.91 Å². The summed E-state index contributed by atoms with van der Waals surface area (Å²) in [7, 11) is 0. The van der Waals surface area contributed by atoms with E-state index < -0.39 is 0 Å². The maximum absolute atomic E-state index is 12.2. The second-order valence-electron chi connectivity index (χ2n) is 6.20. The number of nitrogens with zero attached hydrogens (tertiary/aromatic N) is 1. The van der Waals surface area contributed by atoms with Gasteiger partial charge in [0.25, 0.3) is 0 Å². The third kappa shape index (κ3) is 2.66. The molecule has 1 aliphatic heterocycles. The number of hydrogen-bond donors (Lipinski definition) is 3. The molecule has 3 rings (SSSR count). The van der Waals surface area contributed by atoms with Gasteiger partial charge in [0, 0.05) is 19.5 Å². The topological polar surface area (TPSA) is 69.8 Å². The molecule has 0 spiro atoms. The van der Waals surface area contributed by atoms with Gasteiger partial charge in [0.2, 0.25) is 5.91 Å². The molecule has 1 atom stereocenters. The number of hydrogen-bond acceptors (Lipinski definition) is 3. The van der Waals surface area contributed by atoms with E-state index in [1.165, 1.54) is 25.7 Å². The van der Waals surface area contributed by atoms with Crippen molar-refractivity contribution in [2.45, 2.75) is 51.6 Å². The highest BCUT2D eigenvalue weighted by atomic mass is 16.2. The Bertz CT molecular complexity index is 462. The molecule has 2 aliphatic rings. The molecule has 1 saturated carbocycles. The van der Waals surface area contributed by atoms with E-state index >= 15 is 0 Å². The molecule has 2 heterocycles. The van der Waals surface area contributed by atoms with Crippen molar-refractivity contribution in [3.63, 3.8) is 0 Å². The number of H-pyrrole nitrogens is 1. The molecular weight excluding hydrogens is 240 g/mol. The van der Waals surface area contributed by atoms with Crippen LogP contribution in [0.25, 0.3) is 0 Å². The van der Waals surface area contributed by atoms with Crippen LogP contribution in [0.4, 0.5) is 0 Å². The summed E-state index contributed by atoms with van der Waals surface area (Å²) >= 11 is 0. The predicted octanol–water partition coefficient (Wildman–Crippen LogP) is 1.12. The second-order valence-corrected chi connectivity index (χ2v) is 6.20. The lowest BCUT2D eigenvalue weighted by molar-refractivity contribution is -0.123. The first-order valence-corrected chi connectivity index (χ1v) is 7.19. The number of fused-ring (bicyclic) bond motifs is 1. The lowest BCUT2D eigenvalue weighted by Crippen LogP contribution is -2.49. The van der Waals surface area contributed by atoms with Crippen LogP contribution in [-0.4, -0.2) is 28.5 Å². The van der Waals surface area contributed by atoms with Crippen molar-refractivity contribution in [1.29, 1.82) is 0 Å². The molecule has 5 nitrogen and oxygen atoms in total. The summed E-state index contributed by atoms with van der Waals surface area (Å²) < 4.78 is 0. The zero-order valence-electron chi connectivity index (χ0n) is 11.5. The molecular formula is C14H22N4O. The predicted molar refractivity (Wildman–Crippen MR) is 72.5 cm³/mol. The zero-order chi connectivity index (χ0) is 13.3. The minimum absolute atomic E-state index is 0.113. The normalized spacial score (nSPS) is 25.0. The Labute approximate surface area is 113 Å². The van der Waals surface area contributed by atoms with Crippen molar-refractivity contribution in [2.24, 2.45) is 5.41 Å². The molecule has 0 saturated heterocycles. The van der Waals surface area contributed by atoms with Gasteiger partial charge < -0.3 is 10.3 Å². The number of aromatic amines is 1. The van der Waals surface area contributed by atoms with Gasteiger partial charge in [-0.05, 0) is 18.3 Å². The number of aromatic nitrogens is 2. The summed E-state index contributed by atoms with van der Waals surface area (Å²) in [6, 6.07) is -0.138. The van der Waals surface area contributed by atoms with Gasteiger partial charge in [0.1, 0.15) is 0 Å². The van der Waals surface area contributed by atoms with E-state index in [4.69, 9.17) is 0 Å². The summed E-state index contributed by atoms with van der Waals surface area (Å²) in [5.41, 5.74) is 2.43. The van der Waals surface area contributed by atoms with Crippen molar-refractivity contribution in [2.75, 3.05) is 6.54 Å². The highest BCUT2D eigenvalue weighted by Crippen LogP contribution is 2.36. The Morgan fingerprint density at radius 1 is 1.53 bits per heavy atom. The second kappa shape index (κ2) is 4.96. The Hall–Kier alpha value is -1.36. The quantitative estimate of drug-likeness (QED) is 0.764. The van der Waals surface area contributed by atoms with Crippen LogP contribution in [-0.2, 0) is 17.8 Å². The first-order valence-electron chi connectivity index (χ1n) is 7.19. The Morgan fingerprint density at radius 2 is 2.32 bits per heavy atom. The molecule has 1 fully saturated rings. The van der Waals surface area contributed by atoms with E-state index in [-0.39, 0.29) is 11.9 Å². The van der Waals surface area contributed by atoms with Gasteiger partial charge in [-0.15, -0.1) is 0 Å². The molecule has 0 radical (unpaired) electrons. The molecule has 1 aromatic heterocycles. The van der Waals surface area contributed by atoms with E-state index in [0.29, 0.717) is 18.4 Å². The van der Waals surface area contributed by atoms with Gasteiger partial charge in [-0.25, -0.2) is 4.98 Å².